The lowest BCUT2D eigenvalue weighted by molar-refractivity contribution is 0.179. The van der Waals surface area contributed by atoms with Crippen LogP contribution in [0.25, 0.3) is 0 Å². The van der Waals surface area contributed by atoms with Crippen LogP contribution in [0.15, 0.2) is 0 Å². The number of nitrogens with one attached hydrogen (secondary N) is 1. The van der Waals surface area contributed by atoms with Crippen molar-refractivity contribution in [1.82, 2.24) is 10.2 Å². The summed E-state index contributed by atoms with van der Waals surface area (Å²) in [6, 6.07) is 2.80. The first-order chi connectivity index (χ1) is 8.95. The molecule has 1 saturated heterocycles. The Balaban J connectivity index is 2.20. The average molecular weight is 265 g/mol. The summed E-state index contributed by atoms with van der Waals surface area (Å²) in [6.45, 7) is 12.3. The van der Waals surface area contributed by atoms with Gasteiger partial charge in [-0.25, -0.2) is 0 Å². The molecular weight excluding hydrogens is 234 g/mol. The van der Waals surface area contributed by atoms with E-state index in [2.05, 4.69) is 37.1 Å². The quantitative estimate of drug-likeness (QED) is 0.719. The molecule has 0 spiro atoms. The van der Waals surface area contributed by atoms with Gasteiger partial charge >= 0.3 is 0 Å². The number of nitrogens with zero attached hydrogens (tertiary/aromatic N) is 2. The summed E-state index contributed by atoms with van der Waals surface area (Å²) in [5.74, 6) is 0.862. The monoisotopic (exact) mass is 265 g/mol. The zero-order valence-corrected chi connectivity index (χ0v) is 13.2. The fourth-order valence-electron chi connectivity index (χ4n) is 3.10. The third-order valence-corrected chi connectivity index (χ3v) is 4.00. The second-order valence-corrected chi connectivity index (χ2v) is 6.75. The van der Waals surface area contributed by atoms with Gasteiger partial charge < -0.3 is 4.90 Å². The van der Waals surface area contributed by atoms with Crippen molar-refractivity contribution in [2.24, 2.45) is 5.92 Å². The lowest BCUT2D eigenvalue weighted by Crippen LogP contribution is -2.45. The van der Waals surface area contributed by atoms with Crippen molar-refractivity contribution < 1.29 is 0 Å². The standard InChI is InChI=1S/C16H31N3/c1-14(2)18-16(4,13-17)9-5-6-10-19-11-7-8-15(3)12-19/h14-15,18H,5-12H2,1-4H3. The zero-order valence-electron chi connectivity index (χ0n) is 13.2. The number of unbranched alkanes of at least 4 members (excludes halogenated alkanes) is 1. The molecule has 19 heavy (non-hydrogen) atoms. The molecule has 1 N–H and O–H groups in total. The molecule has 0 aromatic rings. The lowest BCUT2D eigenvalue weighted by atomic mass is 9.95. The van der Waals surface area contributed by atoms with Gasteiger partial charge in [0.15, 0.2) is 0 Å². The molecule has 0 saturated carbocycles. The minimum absolute atomic E-state index is 0.358. The molecule has 1 fully saturated rings. The average Bonchev–Trinajstić information content (AvgIpc) is 2.34. The molecule has 2 atom stereocenters. The molecule has 1 aliphatic rings. The number of piperidine rings is 1. The maximum absolute atomic E-state index is 9.29. The minimum atomic E-state index is -0.358. The minimum Gasteiger partial charge on any atom is -0.303 e. The first-order valence-electron chi connectivity index (χ1n) is 7.86. The zero-order chi connectivity index (χ0) is 14.3. The molecule has 1 heterocycles. The summed E-state index contributed by atoms with van der Waals surface area (Å²) < 4.78 is 0. The second-order valence-electron chi connectivity index (χ2n) is 6.75. The van der Waals surface area contributed by atoms with Crippen LogP contribution < -0.4 is 5.32 Å². The van der Waals surface area contributed by atoms with Crippen LogP contribution in [0.2, 0.25) is 0 Å². The van der Waals surface area contributed by atoms with Crippen LogP contribution in [0, 0.1) is 17.2 Å². The largest absolute Gasteiger partial charge is 0.303 e. The Hall–Kier alpha value is -0.590. The Labute approximate surface area is 119 Å². The van der Waals surface area contributed by atoms with Gasteiger partial charge in [0.1, 0.15) is 5.54 Å². The van der Waals surface area contributed by atoms with E-state index >= 15 is 0 Å². The summed E-state index contributed by atoms with van der Waals surface area (Å²) in [5.41, 5.74) is -0.358. The van der Waals surface area contributed by atoms with Gasteiger partial charge in [-0.05, 0) is 71.9 Å². The predicted molar refractivity (Wildman–Crippen MR) is 81.0 cm³/mol. The van der Waals surface area contributed by atoms with E-state index in [0.29, 0.717) is 6.04 Å². The summed E-state index contributed by atoms with van der Waals surface area (Å²) in [5, 5.41) is 12.7. The van der Waals surface area contributed by atoms with E-state index in [4.69, 9.17) is 0 Å². The molecule has 0 bridgehead atoms. The van der Waals surface area contributed by atoms with Gasteiger partial charge in [0.25, 0.3) is 0 Å². The van der Waals surface area contributed by atoms with E-state index in [0.717, 1.165) is 18.8 Å². The molecule has 0 aromatic carbocycles. The normalized spacial score (nSPS) is 24.1. The van der Waals surface area contributed by atoms with Gasteiger partial charge in [0, 0.05) is 12.6 Å². The Bertz CT molecular complexity index is 295. The highest BCUT2D eigenvalue weighted by Gasteiger charge is 2.23. The van der Waals surface area contributed by atoms with Crippen molar-refractivity contribution in [2.45, 2.75) is 71.4 Å². The first kappa shape index (κ1) is 16.5. The van der Waals surface area contributed by atoms with Crippen LogP contribution in [-0.4, -0.2) is 36.1 Å². The highest BCUT2D eigenvalue weighted by molar-refractivity contribution is 5.04. The summed E-state index contributed by atoms with van der Waals surface area (Å²) in [6.07, 6.45) is 6.04. The maximum atomic E-state index is 9.29. The molecule has 0 radical (unpaired) electrons. The van der Waals surface area contributed by atoms with Crippen molar-refractivity contribution in [3.05, 3.63) is 0 Å². The number of rotatable bonds is 7. The van der Waals surface area contributed by atoms with Crippen LogP contribution >= 0.6 is 0 Å². The van der Waals surface area contributed by atoms with Crippen LogP contribution in [-0.2, 0) is 0 Å². The Kier molecular flexibility index (Phi) is 6.82. The summed E-state index contributed by atoms with van der Waals surface area (Å²) in [4.78, 5) is 2.59. The second kappa shape index (κ2) is 7.87. The molecular formula is C16H31N3. The van der Waals surface area contributed by atoms with E-state index in [1.807, 2.05) is 6.92 Å². The molecule has 2 unspecified atom stereocenters. The van der Waals surface area contributed by atoms with Crippen molar-refractivity contribution in [1.29, 1.82) is 5.26 Å². The molecule has 0 amide bonds. The van der Waals surface area contributed by atoms with E-state index in [1.54, 1.807) is 0 Å². The van der Waals surface area contributed by atoms with Gasteiger partial charge in [0.2, 0.25) is 0 Å². The molecule has 1 rings (SSSR count). The van der Waals surface area contributed by atoms with Crippen molar-refractivity contribution in [3.63, 3.8) is 0 Å². The topological polar surface area (TPSA) is 39.1 Å². The molecule has 110 valence electrons. The van der Waals surface area contributed by atoms with Gasteiger partial charge in [-0.3, -0.25) is 5.32 Å². The number of nitriles is 1. The van der Waals surface area contributed by atoms with Gasteiger partial charge in [-0.1, -0.05) is 6.92 Å². The summed E-state index contributed by atoms with van der Waals surface area (Å²) >= 11 is 0. The van der Waals surface area contributed by atoms with Crippen LogP contribution in [0.4, 0.5) is 0 Å². The van der Waals surface area contributed by atoms with E-state index < -0.39 is 0 Å². The third-order valence-electron chi connectivity index (χ3n) is 4.00. The van der Waals surface area contributed by atoms with E-state index in [-0.39, 0.29) is 5.54 Å². The van der Waals surface area contributed by atoms with Crippen molar-refractivity contribution in [2.75, 3.05) is 19.6 Å². The molecule has 1 aliphatic heterocycles. The Morgan fingerprint density at radius 1 is 1.42 bits per heavy atom. The molecule has 0 aromatic heterocycles. The molecule has 0 aliphatic carbocycles. The molecule has 3 nitrogen and oxygen atoms in total. The fraction of sp³-hybridized carbons (Fsp3) is 0.938. The number of hydrogen-bond donors (Lipinski definition) is 1. The number of likely N-dealkylation sites (tertiary alicyclic amines) is 1. The predicted octanol–water partition coefficient (Wildman–Crippen LogP) is 3.17. The Morgan fingerprint density at radius 2 is 2.16 bits per heavy atom. The highest BCUT2D eigenvalue weighted by atomic mass is 15.1. The fourth-order valence-corrected chi connectivity index (χ4v) is 3.10. The van der Waals surface area contributed by atoms with Gasteiger partial charge in [-0.15, -0.1) is 0 Å². The van der Waals surface area contributed by atoms with E-state index in [1.165, 1.54) is 38.9 Å². The SMILES string of the molecule is CC1CCCN(CCCCC(C)(C#N)NC(C)C)C1. The van der Waals surface area contributed by atoms with Crippen molar-refractivity contribution >= 4 is 0 Å². The highest BCUT2D eigenvalue weighted by Crippen LogP contribution is 2.18. The Morgan fingerprint density at radius 3 is 2.74 bits per heavy atom. The smallest absolute Gasteiger partial charge is 0.104 e. The first-order valence-corrected chi connectivity index (χ1v) is 7.86. The lowest BCUT2D eigenvalue weighted by Gasteiger charge is -2.31. The molecule has 3 heteroatoms. The summed E-state index contributed by atoms with van der Waals surface area (Å²) in [7, 11) is 0. The van der Waals surface area contributed by atoms with Gasteiger partial charge in [-0.2, -0.15) is 5.26 Å². The van der Waals surface area contributed by atoms with Crippen molar-refractivity contribution in [3.8, 4) is 6.07 Å². The van der Waals surface area contributed by atoms with Crippen LogP contribution in [0.1, 0.15) is 59.8 Å². The van der Waals surface area contributed by atoms with Crippen LogP contribution in [0.5, 0.6) is 0 Å². The van der Waals surface area contributed by atoms with Crippen LogP contribution in [0.3, 0.4) is 0 Å². The van der Waals surface area contributed by atoms with E-state index in [9.17, 15) is 5.26 Å². The van der Waals surface area contributed by atoms with Gasteiger partial charge in [0.05, 0.1) is 6.07 Å². The number of hydrogen-bond acceptors (Lipinski definition) is 3. The maximum Gasteiger partial charge on any atom is 0.104 e. The third kappa shape index (κ3) is 6.40.